The summed E-state index contributed by atoms with van der Waals surface area (Å²) >= 11 is 0. The fourth-order valence-corrected chi connectivity index (χ4v) is 2.01. The number of carboxylic acid groups (broad SMARTS) is 1. The summed E-state index contributed by atoms with van der Waals surface area (Å²) in [6, 6.07) is 0.0287. The Balaban J connectivity index is 1.96. The first-order valence-corrected chi connectivity index (χ1v) is 5.44. The molecule has 0 aromatic heterocycles. The summed E-state index contributed by atoms with van der Waals surface area (Å²) in [5, 5.41) is 11.8. The monoisotopic (exact) mass is 212 g/mol. The Labute approximate surface area is 88.4 Å². The summed E-state index contributed by atoms with van der Waals surface area (Å²) < 4.78 is 0. The molecular formula is C10H16N2O3. The third-order valence-electron chi connectivity index (χ3n) is 2.93. The first-order chi connectivity index (χ1) is 7.18. The van der Waals surface area contributed by atoms with Gasteiger partial charge in [-0.15, -0.1) is 0 Å². The van der Waals surface area contributed by atoms with Crippen molar-refractivity contribution in [2.45, 2.75) is 37.8 Å². The molecule has 0 spiro atoms. The van der Waals surface area contributed by atoms with Gasteiger partial charge in [-0.25, -0.2) is 0 Å². The topological polar surface area (TPSA) is 69.6 Å². The van der Waals surface area contributed by atoms with E-state index in [1.165, 1.54) is 4.90 Å². The van der Waals surface area contributed by atoms with Gasteiger partial charge in [-0.05, 0) is 32.2 Å². The number of carboxylic acids is 1. The molecule has 1 amide bonds. The number of rotatable bonds is 4. The normalized spacial score (nSPS) is 25.2. The lowest BCUT2D eigenvalue weighted by atomic mass is 10.2. The lowest BCUT2D eigenvalue weighted by Crippen LogP contribution is -2.46. The standard InChI is InChI=1S/C10H16N2O3/c13-9(14)6-12(7-3-4-7)10(15)8-2-1-5-11-8/h7-8,11H,1-6H2,(H,13,14)/t8-/m0/s1. The van der Waals surface area contributed by atoms with Crippen molar-refractivity contribution < 1.29 is 14.7 Å². The van der Waals surface area contributed by atoms with Crippen molar-refractivity contribution >= 4 is 11.9 Å². The van der Waals surface area contributed by atoms with Gasteiger partial charge in [-0.3, -0.25) is 9.59 Å². The van der Waals surface area contributed by atoms with E-state index >= 15 is 0 Å². The van der Waals surface area contributed by atoms with E-state index in [0.717, 1.165) is 32.2 Å². The fraction of sp³-hybridized carbons (Fsp3) is 0.800. The highest BCUT2D eigenvalue weighted by atomic mass is 16.4. The van der Waals surface area contributed by atoms with E-state index in [2.05, 4.69) is 5.32 Å². The van der Waals surface area contributed by atoms with Gasteiger partial charge in [0.1, 0.15) is 6.54 Å². The van der Waals surface area contributed by atoms with E-state index in [1.807, 2.05) is 0 Å². The van der Waals surface area contributed by atoms with E-state index in [4.69, 9.17) is 5.11 Å². The molecule has 2 N–H and O–H groups in total. The molecule has 5 nitrogen and oxygen atoms in total. The van der Waals surface area contributed by atoms with Crippen molar-refractivity contribution in [3.63, 3.8) is 0 Å². The van der Waals surface area contributed by atoms with Crippen molar-refractivity contribution in [3.8, 4) is 0 Å². The molecular weight excluding hydrogens is 196 g/mol. The van der Waals surface area contributed by atoms with Gasteiger partial charge in [-0.1, -0.05) is 0 Å². The van der Waals surface area contributed by atoms with Gasteiger partial charge in [0.15, 0.2) is 0 Å². The molecule has 2 fully saturated rings. The zero-order valence-corrected chi connectivity index (χ0v) is 8.61. The second-order valence-corrected chi connectivity index (χ2v) is 4.24. The maximum Gasteiger partial charge on any atom is 0.323 e. The Kier molecular flexibility index (Phi) is 2.90. The highest BCUT2D eigenvalue weighted by molar-refractivity contribution is 5.86. The summed E-state index contributed by atoms with van der Waals surface area (Å²) in [5.41, 5.74) is 0. The van der Waals surface area contributed by atoms with Gasteiger partial charge >= 0.3 is 5.97 Å². The van der Waals surface area contributed by atoms with E-state index in [1.54, 1.807) is 0 Å². The van der Waals surface area contributed by atoms with Crippen LogP contribution in [0, 0.1) is 0 Å². The molecule has 0 unspecified atom stereocenters. The van der Waals surface area contributed by atoms with E-state index < -0.39 is 5.97 Å². The third kappa shape index (κ3) is 2.47. The van der Waals surface area contributed by atoms with Crippen molar-refractivity contribution in [3.05, 3.63) is 0 Å². The van der Waals surface area contributed by atoms with Crippen molar-refractivity contribution in [1.29, 1.82) is 0 Å². The smallest absolute Gasteiger partial charge is 0.323 e. The van der Waals surface area contributed by atoms with Gasteiger partial charge in [0, 0.05) is 6.04 Å². The van der Waals surface area contributed by atoms with E-state index in [-0.39, 0.29) is 24.5 Å². The summed E-state index contributed by atoms with van der Waals surface area (Å²) in [6.45, 7) is 0.712. The Morgan fingerprint density at radius 1 is 1.33 bits per heavy atom. The lowest BCUT2D eigenvalue weighted by Gasteiger charge is -2.23. The predicted molar refractivity (Wildman–Crippen MR) is 53.4 cm³/mol. The highest BCUT2D eigenvalue weighted by Crippen LogP contribution is 2.27. The summed E-state index contributed by atoms with van der Waals surface area (Å²) in [6.07, 6.45) is 3.74. The van der Waals surface area contributed by atoms with Crippen LogP contribution < -0.4 is 5.32 Å². The maximum atomic E-state index is 12.0. The Bertz CT molecular complexity index is 270. The average Bonchev–Trinajstić information content (AvgIpc) is 2.88. The molecule has 1 saturated heterocycles. The highest BCUT2D eigenvalue weighted by Gasteiger charge is 2.37. The van der Waals surface area contributed by atoms with Gasteiger partial charge in [0.25, 0.3) is 0 Å². The largest absolute Gasteiger partial charge is 0.480 e. The van der Waals surface area contributed by atoms with Crippen LogP contribution in [0.2, 0.25) is 0 Å². The summed E-state index contributed by atoms with van der Waals surface area (Å²) in [4.78, 5) is 24.1. The molecule has 5 heteroatoms. The molecule has 0 radical (unpaired) electrons. The van der Waals surface area contributed by atoms with E-state index in [9.17, 15) is 9.59 Å². The molecule has 2 aliphatic rings. The number of hydrogen-bond acceptors (Lipinski definition) is 3. The molecule has 1 aliphatic carbocycles. The van der Waals surface area contributed by atoms with Crippen LogP contribution >= 0.6 is 0 Å². The van der Waals surface area contributed by atoms with Gasteiger partial charge < -0.3 is 15.3 Å². The first-order valence-electron chi connectivity index (χ1n) is 5.44. The van der Waals surface area contributed by atoms with Crippen LogP contribution in [0.15, 0.2) is 0 Å². The van der Waals surface area contributed by atoms with Crippen molar-refractivity contribution in [1.82, 2.24) is 10.2 Å². The van der Waals surface area contributed by atoms with Crippen LogP contribution in [-0.2, 0) is 9.59 Å². The molecule has 15 heavy (non-hydrogen) atoms. The van der Waals surface area contributed by atoms with Crippen LogP contribution in [-0.4, -0.2) is 47.1 Å². The van der Waals surface area contributed by atoms with Crippen molar-refractivity contribution in [2.75, 3.05) is 13.1 Å². The van der Waals surface area contributed by atoms with Crippen LogP contribution in [0.25, 0.3) is 0 Å². The maximum absolute atomic E-state index is 12.0. The van der Waals surface area contributed by atoms with Gasteiger partial charge in [-0.2, -0.15) is 0 Å². The first kappa shape index (κ1) is 10.4. The minimum Gasteiger partial charge on any atom is -0.480 e. The number of amides is 1. The SMILES string of the molecule is O=C(O)CN(C(=O)[C@@H]1CCCN1)C1CC1. The second-order valence-electron chi connectivity index (χ2n) is 4.24. The summed E-state index contributed by atoms with van der Waals surface area (Å²) in [5.74, 6) is -0.953. The minimum atomic E-state index is -0.923. The molecule has 2 rings (SSSR count). The molecule has 84 valence electrons. The zero-order chi connectivity index (χ0) is 10.8. The van der Waals surface area contributed by atoms with Gasteiger partial charge in [0.05, 0.1) is 6.04 Å². The lowest BCUT2D eigenvalue weighted by molar-refractivity contribution is -0.145. The minimum absolute atomic E-state index is 0.0302. The molecule has 1 atom stereocenters. The number of carbonyl (C=O) groups excluding carboxylic acids is 1. The quantitative estimate of drug-likeness (QED) is 0.678. The Morgan fingerprint density at radius 2 is 2.07 bits per heavy atom. The van der Waals surface area contributed by atoms with Gasteiger partial charge in [0.2, 0.25) is 5.91 Å². The Morgan fingerprint density at radius 3 is 2.53 bits per heavy atom. The van der Waals surface area contributed by atoms with Crippen LogP contribution in [0.1, 0.15) is 25.7 Å². The zero-order valence-electron chi connectivity index (χ0n) is 8.61. The molecule has 0 bridgehead atoms. The van der Waals surface area contributed by atoms with Crippen LogP contribution in [0.4, 0.5) is 0 Å². The van der Waals surface area contributed by atoms with E-state index in [0.29, 0.717) is 0 Å². The fourth-order valence-electron chi connectivity index (χ4n) is 2.01. The molecule has 0 aromatic carbocycles. The molecule has 1 aliphatic heterocycles. The Hall–Kier alpha value is -1.10. The van der Waals surface area contributed by atoms with Crippen LogP contribution in [0.3, 0.4) is 0 Å². The molecule has 1 saturated carbocycles. The summed E-state index contributed by atoms with van der Waals surface area (Å²) in [7, 11) is 0. The molecule has 1 heterocycles. The number of aliphatic carboxylic acids is 1. The second kappa shape index (κ2) is 4.18. The number of hydrogen-bond donors (Lipinski definition) is 2. The number of carbonyl (C=O) groups is 2. The average molecular weight is 212 g/mol. The van der Waals surface area contributed by atoms with Crippen LogP contribution in [0.5, 0.6) is 0 Å². The molecule has 0 aromatic rings. The predicted octanol–water partition coefficient (Wildman–Crippen LogP) is -0.186. The third-order valence-corrected chi connectivity index (χ3v) is 2.93. The number of nitrogens with zero attached hydrogens (tertiary/aromatic N) is 1. The number of nitrogens with one attached hydrogen (secondary N) is 1. The van der Waals surface area contributed by atoms with Crippen molar-refractivity contribution in [2.24, 2.45) is 0 Å².